The molecule has 1 aromatic carbocycles. The molecular weight excluding hydrogens is 321 g/mol. The summed E-state index contributed by atoms with van der Waals surface area (Å²) >= 11 is 1.16. The number of carbonyl (C=O) groups is 1. The first-order valence-corrected chi connectivity index (χ1v) is 6.84. The molecule has 0 radical (unpaired) electrons. The highest BCUT2D eigenvalue weighted by Gasteiger charge is 2.15. The Balaban J connectivity index is 2.00. The van der Waals surface area contributed by atoms with Gasteiger partial charge >= 0.3 is 12.6 Å². The van der Waals surface area contributed by atoms with Gasteiger partial charge in [0.05, 0.1) is 6.54 Å². The highest BCUT2D eigenvalue weighted by atomic mass is 32.1. The van der Waals surface area contributed by atoms with Gasteiger partial charge in [-0.25, -0.2) is 9.18 Å². The number of aromatic nitrogens is 2. The molecule has 0 aliphatic heterocycles. The lowest BCUT2D eigenvalue weighted by Gasteiger charge is -2.12. The topological polar surface area (TPSA) is 76.1 Å². The van der Waals surface area contributed by atoms with E-state index in [2.05, 4.69) is 25.6 Å². The largest absolute Gasteiger partial charge is 0.434 e. The van der Waals surface area contributed by atoms with Crippen LogP contribution in [0, 0.1) is 12.7 Å². The number of hydrogen-bond acceptors (Lipinski definition) is 5. The number of urea groups is 1. The number of nitrogens with zero attached hydrogens (tertiary/aromatic N) is 2. The zero-order valence-corrected chi connectivity index (χ0v) is 12.1. The molecule has 0 unspecified atom stereocenters. The highest BCUT2D eigenvalue weighted by Crippen LogP contribution is 2.23. The van der Waals surface area contributed by atoms with Gasteiger partial charge in [0.15, 0.2) is 0 Å². The van der Waals surface area contributed by atoms with Crippen LogP contribution < -0.4 is 15.4 Å². The van der Waals surface area contributed by atoms with Crippen LogP contribution >= 0.6 is 11.3 Å². The van der Waals surface area contributed by atoms with Gasteiger partial charge in [-0.3, -0.25) is 5.32 Å². The molecule has 2 N–H and O–H groups in total. The third-order valence-corrected chi connectivity index (χ3v) is 3.22. The lowest BCUT2D eigenvalue weighted by Crippen LogP contribution is -2.28. The van der Waals surface area contributed by atoms with Crippen molar-refractivity contribution < 1.29 is 22.7 Å². The molecule has 0 saturated heterocycles. The summed E-state index contributed by atoms with van der Waals surface area (Å²) in [6.45, 7) is -1.69. The minimum Gasteiger partial charge on any atom is -0.434 e. The predicted molar refractivity (Wildman–Crippen MR) is 73.5 cm³/mol. The lowest BCUT2D eigenvalue weighted by molar-refractivity contribution is -0.0506. The summed E-state index contributed by atoms with van der Waals surface area (Å²) in [7, 11) is 0. The summed E-state index contributed by atoms with van der Waals surface area (Å²) in [5, 5.41) is 13.1. The van der Waals surface area contributed by atoms with Crippen molar-refractivity contribution in [3.63, 3.8) is 0 Å². The van der Waals surface area contributed by atoms with Crippen LogP contribution in [-0.2, 0) is 6.54 Å². The molecule has 0 saturated carbocycles. The number of nitrogens with one attached hydrogen (secondary N) is 2. The lowest BCUT2D eigenvalue weighted by atomic mass is 10.2. The molecule has 2 rings (SSSR count). The number of anilines is 1. The van der Waals surface area contributed by atoms with E-state index in [1.165, 1.54) is 12.1 Å². The fraction of sp³-hybridized carbons (Fsp3) is 0.250. The molecule has 1 heterocycles. The van der Waals surface area contributed by atoms with Crippen LogP contribution in [0.25, 0.3) is 0 Å². The SMILES string of the molecule is Cc1nnc(NC(=O)NCc2c(F)cccc2OC(F)F)s1. The monoisotopic (exact) mass is 332 g/mol. The fourth-order valence-electron chi connectivity index (χ4n) is 1.57. The van der Waals surface area contributed by atoms with E-state index in [0.717, 1.165) is 17.4 Å². The van der Waals surface area contributed by atoms with Gasteiger partial charge in [0, 0.05) is 5.56 Å². The number of halogens is 3. The first-order valence-electron chi connectivity index (χ1n) is 6.03. The van der Waals surface area contributed by atoms with Crippen LogP contribution in [0.4, 0.5) is 23.1 Å². The summed E-state index contributed by atoms with van der Waals surface area (Å²) in [5.74, 6) is -1.09. The minimum absolute atomic E-state index is 0.175. The Morgan fingerprint density at radius 1 is 1.41 bits per heavy atom. The first kappa shape index (κ1) is 16.0. The average molecular weight is 332 g/mol. The quantitative estimate of drug-likeness (QED) is 0.883. The fourth-order valence-corrected chi connectivity index (χ4v) is 2.16. The number of ether oxygens (including phenoxy) is 1. The van der Waals surface area contributed by atoms with E-state index in [1.807, 2.05) is 0 Å². The second-order valence-corrected chi connectivity index (χ2v) is 5.21. The second kappa shape index (κ2) is 7.07. The Hall–Kier alpha value is -2.36. The van der Waals surface area contributed by atoms with Crippen LogP contribution in [-0.4, -0.2) is 22.8 Å². The molecular formula is C12H11F3N4O2S. The Kier molecular flexibility index (Phi) is 5.15. The molecule has 2 aromatic rings. The highest BCUT2D eigenvalue weighted by molar-refractivity contribution is 7.15. The molecule has 0 fully saturated rings. The van der Waals surface area contributed by atoms with Crippen LogP contribution in [0.15, 0.2) is 18.2 Å². The number of carbonyl (C=O) groups excluding carboxylic acids is 1. The van der Waals surface area contributed by atoms with Crippen molar-refractivity contribution >= 4 is 22.5 Å². The van der Waals surface area contributed by atoms with Gasteiger partial charge in [0.1, 0.15) is 16.6 Å². The van der Waals surface area contributed by atoms with Gasteiger partial charge in [-0.1, -0.05) is 17.4 Å². The maximum Gasteiger partial charge on any atom is 0.387 e. The zero-order valence-electron chi connectivity index (χ0n) is 11.3. The summed E-state index contributed by atoms with van der Waals surface area (Å²) in [4.78, 5) is 11.6. The van der Waals surface area contributed by atoms with Crippen molar-refractivity contribution in [3.05, 3.63) is 34.6 Å². The number of benzene rings is 1. The van der Waals surface area contributed by atoms with Gasteiger partial charge in [-0.15, -0.1) is 10.2 Å². The maximum absolute atomic E-state index is 13.7. The Morgan fingerprint density at radius 3 is 2.82 bits per heavy atom. The molecule has 10 heteroatoms. The van der Waals surface area contributed by atoms with Crippen molar-refractivity contribution in [3.8, 4) is 5.75 Å². The smallest absolute Gasteiger partial charge is 0.387 e. The predicted octanol–water partition coefficient (Wildman–Crippen LogP) is 2.91. The summed E-state index contributed by atoms with van der Waals surface area (Å²) < 4.78 is 42.4. The molecule has 0 spiro atoms. The molecule has 0 aliphatic carbocycles. The molecule has 22 heavy (non-hydrogen) atoms. The van der Waals surface area contributed by atoms with Crippen LogP contribution in [0.5, 0.6) is 5.75 Å². The molecule has 0 atom stereocenters. The summed E-state index contributed by atoms with van der Waals surface area (Å²) in [6.07, 6.45) is 0. The van der Waals surface area contributed by atoms with Gasteiger partial charge in [0.25, 0.3) is 0 Å². The third-order valence-electron chi connectivity index (χ3n) is 2.46. The summed E-state index contributed by atoms with van der Waals surface area (Å²) in [5.41, 5.74) is -0.175. The average Bonchev–Trinajstić information content (AvgIpc) is 2.82. The second-order valence-electron chi connectivity index (χ2n) is 4.03. The van der Waals surface area contributed by atoms with E-state index in [0.29, 0.717) is 5.01 Å². The molecule has 118 valence electrons. The standard InChI is InChI=1S/C12H11F3N4O2S/c1-6-18-19-12(22-6)17-11(20)16-5-7-8(13)3-2-4-9(7)21-10(14)15/h2-4,10H,5H2,1H3,(H2,16,17,19,20). The van der Waals surface area contributed by atoms with E-state index in [-0.39, 0.29) is 23.0 Å². The summed E-state index contributed by atoms with van der Waals surface area (Å²) in [6, 6.07) is 2.85. The van der Waals surface area contributed by atoms with Crippen molar-refractivity contribution in [2.24, 2.45) is 0 Å². The number of rotatable bonds is 5. The van der Waals surface area contributed by atoms with Gasteiger partial charge in [0.2, 0.25) is 5.13 Å². The van der Waals surface area contributed by atoms with Crippen molar-refractivity contribution in [1.82, 2.24) is 15.5 Å². The van der Waals surface area contributed by atoms with E-state index in [9.17, 15) is 18.0 Å². The Morgan fingerprint density at radius 2 is 2.18 bits per heavy atom. The molecule has 0 bridgehead atoms. The first-order chi connectivity index (χ1) is 10.5. The van der Waals surface area contributed by atoms with Gasteiger partial charge < -0.3 is 10.1 Å². The maximum atomic E-state index is 13.7. The van der Waals surface area contributed by atoms with E-state index < -0.39 is 18.5 Å². The Bertz CT molecular complexity index is 666. The number of aryl methyl sites for hydroxylation is 1. The normalized spacial score (nSPS) is 10.6. The number of alkyl halides is 2. The Labute approximate surface area is 127 Å². The van der Waals surface area contributed by atoms with Crippen LogP contribution in [0.3, 0.4) is 0 Å². The van der Waals surface area contributed by atoms with E-state index in [1.54, 1.807) is 6.92 Å². The van der Waals surface area contributed by atoms with Gasteiger partial charge in [-0.05, 0) is 19.1 Å². The van der Waals surface area contributed by atoms with Crippen molar-refractivity contribution in [1.29, 1.82) is 0 Å². The van der Waals surface area contributed by atoms with E-state index in [4.69, 9.17) is 0 Å². The number of hydrogen-bond donors (Lipinski definition) is 2. The van der Waals surface area contributed by atoms with Crippen molar-refractivity contribution in [2.45, 2.75) is 20.1 Å². The van der Waals surface area contributed by atoms with Crippen molar-refractivity contribution in [2.75, 3.05) is 5.32 Å². The third kappa shape index (κ3) is 4.32. The van der Waals surface area contributed by atoms with Crippen LogP contribution in [0.1, 0.15) is 10.6 Å². The van der Waals surface area contributed by atoms with Crippen LogP contribution in [0.2, 0.25) is 0 Å². The molecule has 0 aliphatic rings. The number of amides is 2. The molecule has 2 amide bonds. The molecule has 1 aromatic heterocycles. The minimum atomic E-state index is -3.08. The zero-order chi connectivity index (χ0) is 16.1. The van der Waals surface area contributed by atoms with Gasteiger partial charge in [-0.2, -0.15) is 8.78 Å². The van der Waals surface area contributed by atoms with E-state index >= 15 is 0 Å². The molecule has 6 nitrogen and oxygen atoms in total.